The normalized spacial score (nSPS) is 12.4. The molecule has 96 valence electrons. The summed E-state index contributed by atoms with van der Waals surface area (Å²) in [6.45, 7) is 4.10. The minimum atomic E-state index is 0.0116. The van der Waals surface area contributed by atoms with Gasteiger partial charge in [0.1, 0.15) is 0 Å². The average molecular weight is 257 g/mol. The summed E-state index contributed by atoms with van der Waals surface area (Å²) in [5, 5.41) is 11.2. The monoisotopic (exact) mass is 257 g/mol. The van der Waals surface area contributed by atoms with E-state index in [4.69, 9.17) is 5.73 Å². The van der Waals surface area contributed by atoms with E-state index in [2.05, 4.69) is 22.4 Å². The van der Waals surface area contributed by atoms with Gasteiger partial charge in [-0.05, 0) is 13.3 Å². The van der Waals surface area contributed by atoms with E-state index in [9.17, 15) is 4.79 Å². The number of aromatic nitrogens is 3. The van der Waals surface area contributed by atoms with Crippen molar-refractivity contribution in [3.8, 4) is 0 Å². The lowest BCUT2D eigenvalue weighted by molar-refractivity contribution is -0.119. The van der Waals surface area contributed by atoms with Crippen molar-refractivity contribution in [2.45, 2.75) is 37.9 Å². The molecule has 0 fully saturated rings. The molecule has 0 aliphatic heterocycles. The number of nitrogens with two attached hydrogens (primary N) is 1. The van der Waals surface area contributed by atoms with Gasteiger partial charge in [0.05, 0.1) is 5.75 Å². The number of nitrogens with zero attached hydrogens (tertiary/aromatic N) is 3. The molecular formula is C10H19N5OS. The maximum atomic E-state index is 11.6. The zero-order valence-electron chi connectivity index (χ0n) is 10.4. The maximum absolute atomic E-state index is 11.6. The number of amides is 1. The third-order valence-electron chi connectivity index (χ3n) is 2.33. The Bertz CT molecular complexity index is 379. The molecule has 1 amide bonds. The first-order chi connectivity index (χ1) is 8.04. The van der Waals surface area contributed by atoms with Crippen LogP contribution in [0.25, 0.3) is 0 Å². The van der Waals surface area contributed by atoms with Gasteiger partial charge in [0, 0.05) is 13.1 Å². The summed E-state index contributed by atoms with van der Waals surface area (Å²) in [7, 11) is 1.77. The molecule has 17 heavy (non-hydrogen) atoms. The summed E-state index contributed by atoms with van der Waals surface area (Å²) in [5.74, 6) is 0.699. The van der Waals surface area contributed by atoms with Crippen LogP contribution < -0.4 is 11.1 Å². The Labute approximate surface area is 105 Å². The molecule has 0 saturated carbocycles. The fourth-order valence-electron chi connectivity index (χ4n) is 1.40. The SMILES string of the molecule is CCCC(C)NC(=O)CSc1nnc(N)n1C. The molecule has 1 atom stereocenters. The molecule has 3 N–H and O–H groups in total. The smallest absolute Gasteiger partial charge is 0.230 e. The Morgan fingerprint density at radius 3 is 2.82 bits per heavy atom. The summed E-state index contributed by atoms with van der Waals surface area (Å²) in [4.78, 5) is 11.6. The van der Waals surface area contributed by atoms with Crippen molar-refractivity contribution in [3.05, 3.63) is 0 Å². The Hall–Kier alpha value is -1.24. The van der Waals surface area contributed by atoms with Crippen LogP contribution in [0.3, 0.4) is 0 Å². The van der Waals surface area contributed by atoms with Crippen LogP contribution in [0.1, 0.15) is 26.7 Å². The first-order valence-corrected chi connectivity index (χ1v) is 6.60. The second-order valence-electron chi connectivity index (χ2n) is 3.95. The first kappa shape index (κ1) is 13.8. The maximum Gasteiger partial charge on any atom is 0.230 e. The summed E-state index contributed by atoms with van der Waals surface area (Å²) in [6.07, 6.45) is 2.06. The van der Waals surface area contributed by atoms with Gasteiger partial charge in [-0.15, -0.1) is 10.2 Å². The average Bonchev–Trinajstić information content (AvgIpc) is 2.57. The summed E-state index contributed by atoms with van der Waals surface area (Å²) >= 11 is 1.33. The highest BCUT2D eigenvalue weighted by molar-refractivity contribution is 7.99. The molecule has 7 heteroatoms. The van der Waals surface area contributed by atoms with Gasteiger partial charge in [-0.25, -0.2) is 0 Å². The van der Waals surface area contributed by atoms with Gasteiger partial charge < -0.3 is 11.1 Å². The van der Waals surface area contributed by atoms with Crippen LogP contribution in [-0.2, 0) is 11.8 Å². The molecule has 1 rings (SSSR count). The number of anilines is 1. The van der Waals surface area contributed by atoms with Gasteiger partial charge in [0.2, 0.25) is 11.9 Å². The van der Waals surface area contributed by atoms with Crippen molar-refractivity contribution >= 4 is 23.6 Å². The Kier molecular flexibility index (Phi) is 5.27. The number of carbonyl (C=O) groups is 1. The van der Waals surface area contributed by atoms with Crippen LogP contribution in [0.2, 0.25) is 0 Å². The first-order valence-electron chi connectivity index (χ1n) is 5.61. The molecule has 0 bridgehead atoms. The minimum Gasteiger partial charge on any atom is -0.368 e. The highest BCUT2D eigenvalue weighted by Gasteiger charge is 2.10. The highest BCUT2D eigenvalue weighted by atomic mass is 32.2. The van der Waals surface area contributed by atoms with Crippen LogP contribution in [0, 0.1) is 0 Å². The molecule has 0 aromatic carbocycles. The van der Waals surface area contributed by atoms with E-state index in [1.165, 1.54) is 11.8 Å². The number of nitrogen functional groups attached to an aromatic ring is 1. The van der Waals surface area contributed by atoms with E-state index in [1.54, 1.807) is 11.6 Å². The fraction of sp³-hybridized carbons (Fsp3) is 0.700. The van der Waals surface area contributed by atoms with E-state index in [0.717, 1.165) is 12.8 Å². The van der Waals surface area contributed by atoms with Crippen molar-refractivity contribution in [2.24, 2.45) is 7.05 Å². The molecular weight excluding hydrogens is 238 g/mol. The predicted molar refractivity (Wildman–Crippen MR) is 68.7 cm³/mol. The van der Waals surface area contributed by atoms with Gasteiger partial charge in [-0.3, -0.25) is 9.36 Å². The molecule has 1 aromatic rings. The van der Waals surface area contributed by atoms with E-state index in [-0.39, 0.29) is 11.9 Å². The largest absolute Gasteiger partial charge is 0.368 e. The van der Waals surface area contributed by atoms with Gasteiger partial charge in [-0.2, -0.15) is 0 Å². The van der Waals surface area contributed by atoms with Gasteiger partial charge in [0.25, 0.3) is 0 Å². The van der Waals surface area contributed by atoms with Crippen molar-refractivity contribution in [1.29, 1.82) is 0 Å². The van der Waals surface area contributed by atoms with Crippen molar-refractivity contribution < 1.29 is 4.79 Å². The zero-order chi connectivity index (χ0) is 12.8. The number of hydrogen-bond acceptors (Lipinski definition) is 5. The molecule has 0 aliphatic rings. The number of rotatable bonds is 6. The van der Waals surface area contributed by atoms with Crippen molar-refractivity contribution in [2.75, 3.05) is 11.5 Å². The third kappa shape index (κ3) is 4.26. The second kappa shape index (κ2) is 6.48. The predicted octanol–water partition coefficient (Wildman–Crippen LogP) is 0.794. The number of nitrogens with one attached hydrogen (secondary N) is 1. The molecule has 6 nitrogen and oxygen atoms in total. The van der Waals surface area contributed by atoms with E-state index in [1.807, 2.05) is 6.92 Å². The standard InChI is InChI=1S/C10H19N5OS/c1-4-5-7(2)12-8(16)6-17-10-14-13-9(11)15(10)3/h7H,4-6H2,1-3H3,(H2,11,13)(H,12,16). The second-order valence-corrected chi connectivity index (χ2v) is 4.89. The lowest BCUT2D eigenvalue weighted by atomic mass is 10.2. The Balaban J connectivity index is 2.36. The highest BCUT2D eigenvalue weighted by Crippen LogP contribution is 2.15. The third-order valence-corrected chi connectivity index (χ3v) is 3.35. The Morgan fingerprint density at radius 2 is 2.29 bits per heavy atom. The summed E-state index contributed by atoms with van der Waals surface area (Å²) < 4.78 is 1.66. The molecule has 0 spiro atoms. The lowest BCUT2D eigenvalue weighted by Gasteiger charge is -2.12. The summed E-state index contributed by atoms with van der Waals surface area (Å²) in [6, 6.07) is 0.220. The van der Waals surface area contributed by atoms with E-state index >= 15 is 0 Å². The fourth-order valence-corrected chi connectivity index (χ4v) is 2.13. The van der Waals surface area contributed by atoms with Crippen LogP contribution in [-0.4, -0.2) is 32.5 Å². The van der Waals surface area contributed by atoms with Gasteiger partial charge in [0.15, 0.2) is 5.16 Å². The zero-order valence-corrected chi connectivity index (χ0v) is 11.3. The van der Waals surface area contributed by atoms with E-state index < -0.39 is 0 Å². The van der Waals surface area contributed by atoms with Crippen LogP contribution >= 0.6 is 11.8 Å². The lowest BCUT2D eigenvalue weighted by Crippen LogP contribution is -2.33. The topological polar surface area (TPSA) is 85.8 Å². The van der Waals surface area contributed by atoms with Gasteiger partial charge in [-0.1, -0.05) is 25.1 Å². The van der Waals surface area contributed by atoms with Gasteiger partial charge >= 0.3 is 0 Å². The molecule has 0 saturated heterocycles. The minimum absolute atomic E-state index is 0.0116. The molecule has 1 heterocycles. The molecule has 0 radical (unpaired) electrons. The molecule has 1 unspecified atom stereocenters. The van der Waals surface area contributed by atoms with Crippen LogP contribution in [0.5, 0.6) is 0 Å². The van der Waals surface area contributed by atoms with Crippen molar-refractivity contribution in [3.63, 3.8) is 0 Å². The Morgan fingerprint density at radius 1 is 1.59 bits per heavy atom. The number of thioether (sulfide) groups is 1. The summed E-state index contributed by atoms with van der Waals surface area (Å²) in [5.41, 5.74) is 5.54. The van der Waals surface area contributed by atoms with Crippen molar-refractivity contribution in [1.82, 2.24) is 20.1 Å². The van der Waals surface area contributed by atoms with E-state index in [0.29, 0.717) is 16.9 Å². The molecule has 1 aromatic heterocycles. The number of carbonyl (C=O) groups excluding carboxylic acids is 1. The quantitative estimate of drug-likeness (QED) is 0.736. The number of hydrogen-bond donors (Lipinski definition) is 2. The molecule has 0 aliphatic carbocycles. The van der Waals surface area contributed by atoms with Crippen LogP contribution in [0.15, 0.2) is 5.16 Å². The van der Waals surface area contributed by atoms with Crippen LogP contribution in [0.4, 0.5) is 5.95 Å².